The van der Waals surface area contributed by atoms with Gasteiger partial charge in [0.15, 0.2) is 0 Å². The average Bonchev–Trinajstić information content (AvgIpc) is 2.74. The molecule has 1 rings (SSSR count). The summed E-state index contributed by atoms with van der Waals surface area (Å²) >= 11 is 9.05. The highest BCUT2D eigenvalue weighted by Gasteiger charge is 2.25. The largest absolute Gasteiger partial charge is 0.152 e. The van der Waals surface area contributed by atoms with E-state index in [0.29, 0.717) is 5.41 Å². The summed E-state index contributed by atoms with van der Waals surface area (Å²) in [5.74, 6) is 0. The van der Waals surface area contributed by atoms with Crippen molar-refractivity contribution in [1.29, 1.82) is 0 Å². The van der Waals surface area contributed by atoms with Gasteiger partial charge in [-0.25, -0.2) is 0 Å². The third-order valence-electron chi connectivity index (χ3n) is 2.84. The lowest BCUT2D eigenvalue weighted by Gasteiger charge is -2.28. The third-order valence-corrected chi connectivity index (χ3v) is 5.95. The number of alkyl halides is 2. The van der Waals surface area contributed by atoms with Gasteiger partial charge < -0.3 is 0 Å². The van der Waals surface area contributed by atoms with Gasteiger partial charge in [0.2, 0.25) is 0 Å². The van der Waals surface area contributed by atoms with Crippen LogP contribution in [0, 0.1) is 5.41 Å². The van der Waals surface area contributed by atoms with E-state index in [0.717, 1.165) is 10.7 Å². The standard InChI is InChI=1S/C11H16Br2S/c1-2-11(8-12,9-13)5-3-10-4-6-14-7-10/h4,6-7H,2-3,5,8-9H2,1H3. The number of halogens is 2. The van der Waals surface area contributed by atoms with Crippen LogP contribution in [0.5, 0.6) is 0 Å². The van der Waals surface area contributed by atoms with Crippen molar-refractivity contribution < 1.29 is 0 Å². The Kier molecular flexibility index (Phi) is 5.72. The Morgan fingerprint density at radius 3 is 2.50 bits per heavy atom. The van der Waals surface area contributed by atoms with Gasteiger partial charge in [-0.2, -0.15) is 11.3 Å². The molecule has 0 amide bonds. The van der Waals surface area contributed by atoms with Gasteiger partial charge in [0.25, 0.3) is 0 Å². The lowest BCUT2D eigenvalue weighted by atomic mass is 9.84. The van der Waals surface area contributed by atoms with Crippen LogP contribution < -0.4 is 0 Å². The molecule has 1 aromatic rings. The van der Waals surface area contributed by atoms with Crippen molar-refractivity contribution in [3.63, 3.8) is 0 Å². The van der Waals surface area contributed by atoms with Gasteiger partial charge in [-0.1, -0.05) is 38.8 Å². The van der Waals surface area contributed by atoms with Crippen LogP contribution in [0.1, 0.15) is 25.3 Å². The number of aryl methyl sites for hydroxylation is 1. The Labute approximate surface area is 107 Å². The highest BCUT2D eigenvalue weighted by molar-refractivity contribution is 9.09. The average molecular weight is 340 g/mol. The molecule has 0 aliphatic heterocycles. The first-order valence-corrected chi connectivity index (χ1v) is 8.08. The summed E-state index contributed by atoms with van der Waals surface area (Å²) < 4.78 is 0. The molecular weight excluding hydrogens is 324 g/mol. The Balaban J connectivity index is 2.48. The maximum Gasteiger partial charge on any atom is 0.00959 e. The molecule has 80 valence electrons. The van der Waals surface area contributed by atoms with Crippen LogP contribution in [0.15, 0.2) is 16.8 Å². The summed E-state index contributed by atoms with van der Waals surface area (Å²) in [5, 5.41) is 6.59. The summed E-state index contributed by atoms with van der Waals surface area (Å²) in [7, 11) is 0. The van der Waals surface area contributed by atoms with E-state index in [-0.39, 0.29) is 0 Å². The molecule has 1 aromatic heterocycles. The van der Waals surface area contributed by atoms with Crippen molar-refractivity contribution in [2.24, 2.45) is 5.41 Å². The molecule has 0 radical (unpaired) electrons. The van der Waals surface area contributed by atoms with Crippen molar-refractivity contribution in [3.05, 3.63) is 22.4 Å². The van der Waals surface area contributed by atoms with Gasteiger partial charge in [-0.05, 0) is 47.1 Å². The molecule has 0 N–H and O–H groups in total. The second kappa shape index (κ2) is 6.29. The van der Waals surface area contributed by atoms with E-state index in [1.165, 1.54) is 24.8 Å². The minimum absolute atomic E-state index is 0.432. The fourth-order valence-corrected chi connectivity index (χ4v) is 4.36. The molecule has 14 heavy (non-hydrogen) atoms. The molecule has 0 saturated heterocycles. The molecule has 0 nitrogen and oxygen atoms in total. The fourth-order valence-electron chi connectivity index (χ4n) is 1.38. The quantitative estimate of drug-likeness (QED) is 0.649. The van der Waals surface area contributed by atoms with E-state index in [1.54, 1.807) is 11.3 Å². The molecule has 1 heterocycles. The summed E-state index contributed by atoms with van der Waals surface area (Å²) in [5.41, 5.74) is 1.91. The third kappa shape index (κ3) is 3.35. The summed E-state index contributed by atoms with van der Waals surface area (Å²) in [6.45, 7) is 2.27. The molecule has 0 aliphatic rings. The van der Waals surface area contributed by atoms with Crippen LogP contribution in [-0.2, 0) is 6.42 Å². The highest BCUT2D eigenvalue weighted by Crippen LogP contribution is 2.32. The normalized spacial score (nSPS) is 11.9. The molecule has 0 bridgehead atoms. The SMILES string of the molecule is CCC(CBr)(CBr)CCc1ccsc1. The molecule has 0 aromatic carbocycles. The van der Waals surface area contributed by atoms with E-state index in [2.05, 4.69) is 55.6 Å². The number of hydrogen-bond acceptors (Lipinski definition) is 1. The van der Waals surface area contributed by atoms with Crippen LogP contribution in [-0.4, -0.2) is 10.7 Å². The van der Waals surface area contributed by atoms with Crippen molar-refractivity contribution in [3.8, 4) is 0 Å². The monoisotopic (exact) mass is 338 g/mol. The maximum absolute atomic E-state index is 3.63. The zero-order chi connectivity index (χ0) is 10.4. The summed E-state index contributed by atoms with van der Waals surface area (Å²) in [6, 6.07) is 2.23. The fraction of sp³-hybridized carbons (Fsp3) is 0.636. The minimum atomic E-state index is 0.432. The predicted octanol–water partition coefficient (Wildman–Crippen LogP) is 4.87. The van der Waals surface area contributed by atoms with E-state index in [1.807, 2.05) is 0 Å². The molecule has 0 fully saturated rings. The zero-order valence-corrected chi connectivity index (χ0v) is 12.4. The zero-order valence-electron chi connectivity index (χ0n) is 8.43. The van der Waals surface area contributed by atoms with E-state index in [4.69, 9.17) is 0 Å². The Morgan fingerprint density at radius 1 is 1.36 bits per heavy atom. The lowest BCUT2D eigenvalue weighted by molar-refractivity contribution is 0.345. The Hall–Kier alpha value is 0.660. The van der Waals surface area contributed by atoms with Crippen LogP contribution in [0.3, 0.4) is 0 Å². The van der Waals surface area contributed by atoms with Crippen molar-refractivity contribution in [2.45, 2.75) is 26.2 Å². The summed E-state index contributed by atoms with van der Waals surface area (Å²) in [6.07, 6.45) is 3.69. The van der Waals surface area contributed by atoms with Gasteiger partial charge in [0.05, 0.1) is 0 Å². The second-order valence-corrected chi connectivity index (χ2v) is 5.65. The van der Waals surface area contributed by atoms with Crippen LogP contribution >= 0.6 is 43.2 Å². The van der Waals surface area contributed by atoms with Gasteiger partial charge in [-0.15, -0.1) is 0 Å². The molecule has 0 saturated carbocycles. The highest BCUT2D eigenvalue weighted by atomic mass is 79.9. The first-order chi connectivity index (χ1) is 6.76. The maximum atomic E-state index is 3.63. The van der Waals surface area contributed by atoms with Crippen molar-refractivity contribution >= 4 is 43.2 Å². The van der Waals surface area contributed by atoms with Gasteiger partial charge in [0.1, 0.15) is 0 Å². The summed E-state index contributed by atoms with van der Waals surface area (Å²) in [4.78, 5) is 0. The molecular formula is C11H16Br2S. The number of hydrogen-bond donors (Lipinski definition) is 0. The number of thiophene rings is 1. The first kappa shape index (κ1) is 12.7. The smallest absolute Gasteiger partial charge is 0.00959 e. The molecule has 0 unspecified atom stereocenters. The van der Waals surface area contributed by atoms with E-state index >= 15 is 0 Å². The van der Waals surface area contributed by atoms with Crippen molar-refractivity contribution in [2.75, 3.05) is 10.7 Å². The van der Waals surface area contributed by atoms with E-state index in [9.17, 15) is 0 Å². The van der Waals surface area contributed by atoms with Gasteiger partial charge in [-0.3, -0.25) is 0 Å². The Bertz CT molecular complexity index is 232. The van der Waals surface area contributed by atoms with Crippen LogP contribution in [0.4, 0.5) is 0 Å². The van der Waals surface area contributed by atoms with Gasteiger partial charge in [0, 0.05) is 10.7 Å². The van der Waals surface area contributed by atoms with Gasteiger partial charge >= 0.3 is 0 Å². The first-order valence-electron chi connectivity index (χ1n) is 4.89. The van der Waals surface area contributed by atoms with Crippen LogP contribution in [0.25, 0.3) is 0 Å². The second-order valence-electron chi connectivity index (χ2n) is 3.75. The Morgan fingerprint density at radius 2 is 2.07 bits per heavy atom. The van der Waals surface area contributed by atoms with Crippen LogP contribution in [0.2, 0.25) is 0 Å². The molecule has 3 heteroatoms. The minimum Gasteiger partial charge on any atom is -0.152 e. The van der Waals surface area contributed by atoms with E-state index < -0.39 is 0 Å². The number of rotatable bonds is 6. The van der Waals surface area contributed by atoms with Crippen molar-refractivity contribution in [1.82, 2.24) is 0 Å². The predicted molar refractivity (Wildman–Crippen MR) is 73.0 cm³/mol. The molecule has 0 atom stereocenters. The molecule has 0 aliphatic carbocycles. The molecule has 0 spiro atoms. The topological polar surface area (TPSA) is 0 Å². The lowest BCUT2D eigenvalue weighted by Crippen LogP contribution is -2.24.